The largest absolute Gasteiger partial charge is 0.271 e. The zero-order valence-corrected chi connectivity index (χ0v) is 4.01. The monoisotopic (exact) mass is 97.0 g/mol. The van der Waals surface area contributed by atoms with Gasteiger partial charge in [-0.05, 0) is 6.92 Å². The van der Waals surface area contributed by atoms with Crippen molar-refractivity contribution < 1.29 is 4.79 Å². The first-order chi connectivity index (χ1) is 3.29. The maximum atomic E-state index is 10.2. The Kier molecular flexibility index (Phi) is 0.889. The van der Waals surface area contributed by atoms with Crippen LogP contribution >= 0.6 is 0 Å². The van der Waals surface area contributed by atoms with Crippen LogP contribution in [0.25, 0.3) is 0 Å². The molecule has 0 saturated heterocycles. The molecule has 0 saturated carbocycles. The summed E-state index contributed by atoms with van der Waals surface area (Å²) < 4.78 is 0. The number of carbonyl (C=O) groups is 1. The van der Waals surface area contributed by atoms with E-state index in [1.54, 1.807) is 6.92 Å². The summed E-state index contributed by atoms with van der Waals surface area (Å²) in [5, 5.41) is 6.78. The third kappa shape index (κ3) is 0.824. The van der Waals surface area contributed by atoms with Crippen molar-refractivity contribution in [3.8, 4) is 0 Å². The van der Waals surface area contributed by atoms with Gasteiger partial charge in [-0.15, -0.1) is 5.11 Å². The second-order valence-electron chi connectivity index (χ2n) is 1.51. The predicted molar refractivity (Wildman–Crippen MR) is 23.4 cm³/mol. The highest BCUT2D eigenvalue weighted by atomic mass is 16.2. The highest BCUT2D eigenvalue weighted by molar-refractivity contribution is 5.79. The molecule has 3 nitrogen and oxygen atoms in total. The molecule has 7 heavy (non-hydrogen) atoms. The number of rotatable bonds is 0. The van der Waals surface area contributed by atoms with Gasteiger partial charge in [0, 0.05) is 0 Å². The molecule has 1 aliphatic heterocycles. The van der Waals surface area contributed by atoms with Crippen LogP contribution in [0.15, 0.2) is 10.2 Å². The zero-order valence-electron chi connectivity index (χ0n) is 4.01. The topological polar surface area (TPSA) is 41.8 Å². The Morgan fingerprint density at radius 1 is 1.57 bits per heavy atom. The molecule has 0 N–H and O–H groups in total. The highest BCUT2D eigenvalue weighted by Gasteiger charge is 2.13. The summed E-state index contributed by atoms with van der Waals surface area (Å²) in [5.41, 5.74) is 0. The van der Waals surface area contributed by atoms with Crippen molar-refractivity contribution in [2.45, 2.75) is 13.3 Å². The van der Waals surface area contributed by atoms with E-state index >= 15 is 0 Å². The molecule has 1 amide bonds. The Labute approximate surface area is 41.4 Å². The summed E-state index contributed by atoms with van der Waals surface area (Å²) >= 11 is 0. The molecule has 37 valence electrons. The Hall–Kier alpha value is -0.730. The number of hydrogen-bond donors (Lipinski definition) is 0. The average Bonchev–Trinajstić information content (AvgIpc) is 1.87. The third-order valence-corrected chi connectivity index (χ3v) is 0.739. The van der Waals surface area contributed by atoms with Crippen molar-refractivity contribution in [3.05, 3.63) is 6.04 Å². The van der Waals surface area contributed by atoms with Crippen LogP contribution in [0.3, 0.4) is 0 Å². The second kappa shape index (κ2) is 1.40. The molecule has 1 heterocycles. The molecule has 0 aliphatic carbocycles. The summed E-state index contributed by atoms with van der Waals surface area (Å²) in [6, 6.07) is 0.810. The van der Waals surface area contributed by atoms with Crippen LogP contribution in [-0.4, -0.2) is 5.91 Å². The lowest BCUT2D eigenvalue weighted by Gasteiger charge is -1.82. The molecule has 0 atom stereocenters. The SMILES string of the molecule is C[C]1CC(=O)N=N1. The van der Waals surface area contributed by atoms with E-state index in [9.17, 15) is 4.79 Å². The number of amides is 1. The smallest absolute Gasteiger partial charge is 0.266 e. The Bertz CT molecular complexity index is 119. The third-order valence-electron chi connectivity index (χ3n) is 0.739. The van der Waals surface area contributed by atoms with E-state index in [4.69, 9.17) is 0 Å². The van der Waals surface area contributed by atoms with E-state index in [1.807, 2.05) is 0 Å². The van der Waals surface area contributed by atoms with Gasteiger partial charge in [0.05, 0.1) is 6.42 Å². The van der Waals surface area contributed by atoms with Gasteiger partial charge in [0.15, 0.2) is 0 Å². The average molecular weight is 97.1 g/mol. The molecular weight excluding hydrogens is 92.1 g/mol. The molecule has 0 aromatic heterocycles. The van der Waals surface area contributed by atoms with Crippen LogP contribution in [-0.2, 0) is 4.79 Å². The minimum atomic E-state index is -0.127. The first-order valence-corrected chi connectivity index (χ1v) is 2.06. The van der Waals surface area contributed by atoms with Crippen molar-refractivity contribution in [2.24, 2.45) is 10.2 Å². The van der Waals surface area contributed by atoms with Crippen LogP contribution in [0, 0.1) is 6.04 Å². The fourth-order valence-electron chi connectivity index (χ4n) is 0.431. The number of nitrogens with zero attached hydrogens (tertiary/aromatic N) is 2. The summed E-state index contributed by atoms with van der Waals surface area (Å²) in [5.74, 6) is -0.127. The first-order valence-electron chi connectivity index (χ1n) is 2.06. The van der Waals surface area contributed by atoms with Crippen molar-refractivity contribution in [1.29, 1.82) is 0 Å². The molecule has 0 fully saturated rings. The van der Waals surface area contributed by atoms with Gasteiger partial charge in [-0.2, -0.15) is 5.11 Å². The van der Waals surface area contributed by atoms with Crippen LogP contribution in [0.5, 0.6) is 0 Å². The van der Waals surface area contributed by atoms with Crippen molar-refractivity contribution in [3.63, 3.8) is 0 Å². The molecule has 0 bridgehead atoms. The lowest BCUT2D eigenvalue weighted by Crippen LogP contribution is -1.86. The summed E-state index contributed by atoms with van der Waals surface area (Å²) in [6.07, 6.45) is 0.417. The molecule has 0 unspecified atom stereocenters. The summed E-state index contributed by atoms with van der Waals surface area (Å²) in [7, 11) is 0. The fourth-order valence-corrected chi connectivity index (χ4v) is 0.431. The maximum absolute atomic E-state index is 10.2. The number of hydrogen-bond acceptors (Lipinski definition) is 2. The number of azo groups is 1. The maximum Gasteiger partial charge on any atom is 0.266 e. The van der Waals surface area contributed by atoms with Gasteiger partial charge in [0.25, 0.3) is 5.91 Å². The number of carbonyl (C=O) groups excluding carboxylic acids is 1. The molecule has 1 radical (unpaired) electrons. The van der Waals surface area contributed by atoms with E-state index in [-0.39, 0.29) is 5.91 Å². The zero-order chi connectivity index (χ0) is 5.28. The van der Waals surface area contributed by atoms with Crippen LogP contribution in [0.2, 0.25) is 0 Å². The van der Waals surface area contributed by atoms with E-state index < -0.39 is 0 Å². The lowest BCUT2D eigenvalue weighted by molar-refractivity contribution is -0.116. The molecule has 3 heteroatoms. The summed E-state index contributed by atoms with van der Waals surface area (Å²) in [4.78, 5) is 10.2. The molecule has 0 aromatic rings. The van der Waals surface area contributed by atoms with Gasteiger partial charge in [0.1, 0.15) is 6.04 Å². The highest BCUT2D eigenvalue weighted by Crippen LogP contribution is 2.14. The summed E-state index contributed by atoms with van der Waals surface area (Å²) in [6.45, 7) is 1.79. The van der Waals surface area contributed by atoms with Crippen LogP contribution in [0.1, 0.15) is 13.3 Å². The van der Waals surface area contributed by atoms with Gasteiger partial charge in [-0.3, -0.25) is 4.79 Å². The Morgan fingerprint density at radius 3 is 2.43 bits per heavy atom. The molecule has 1 aliphatic rings. The minimum absolute atomic E-state index is 0.127. The van der Waals surface area contributed by atoms with Gasteiger partial charge < -0.3 is 0 Å². The van der Waals surface area contributed by atoms with Crippen molar-refractivity contribution in [2.75, 3.05) is 0 Å². The molecular formula is C4H5N2O. The van der Waals surface area contributed by atoms with Crippen molar-refractivity contribution in [1.82, 2.24) is 0 Å². The molecule has 1 rings (SSSR count). The van der Waals surface area contributed by atoms with Crippen molar-refractivity contribution >= 4 is 5.91 Å². The first kappa shape index (κ1) is 4.43. The standard InChI is InChI=1S/C4H5N2O/c1-3-2-4(7)6-5-3/h2H2,1H3. The van der Waals surface area contributed by atoms with E-state index in [2.05, 4.69) is 10.2 Å². The minimum Gasteiger partial charge on any atom is -0.271 e. The quantitative estimate of drug-likeness (QED) is 0.443. The second-order valence-corrected chi connectivity index (χ2v) is 1.51. The lowest BCUT2D eigenvalue weighted by atomic mass is 10.3. The van der Waals surface area contributed by atoms with Gasteiger partial charge >= 0.3 is 0 Å². The van der Waals surface area contributed by atoms with E-state index in [0.29, 0.717) is 6.42 Å². The van der Waals surface area contributed by atoms with Crippen LogP contribution in [0.4, 0.5) is 0 Å². The van der Waals surface area contributed by atoms with Gasteiger partial charge in [0.2, 0.25) is 0 Å². The van der Waals surface area contributed by atoms with E-state index in [0.717, 1.165) is 6.04 Å². The van der Waals surface area contributed by atoms with E-state index in [1.165, 1.54) is 0 Å². The van der Waals surface area contributed by atoms with Gasteiger partial charge in [-0.25, -0.2) is 0 Å². The predicted octanol–water partition coefficient (Wildman–Crippen LogP) is 0.921. The molecule has 0 aromatic carbocycles. The van der Waals surface area contributed by atoms with Crippen LogP contribution < -0.4 is 0 Å². The Balaban J connectivity index is 2.58. The fraction of sp³-hybridized carbons (Fsp3) is 0.500. The van der Waals surface area contributed by atoms with Gasteiger partial charge in [-0.1, -0.05) is 0 Å². The normalized spacial score (nSPS) is 21.6. The Morgan fingerprint density at radius 2 is 2.29 bits per heavy atom. The molecule has 0 spiro atoms.